The van der Waals surface area contributed by atoms with Crippen LogP contribution < -0.4 is 15.4 Å². The summed E-state index contributed by atoms with van der Waals surface area (Å²) in [6.07, 6.45) is 0. The van der Waals surface area contributed by atoms with Gasteiger partial charge in [0.1, 0.15) is 0 Å². The number of urea groups is 1. The minimum Gasteiger partial charge on any atom is -0.489 e. The Hall–Kier alpha value is -1.49. The van der Waals surface area contributed by atoms with E-state index in [-0.39, 0.29) is 22.8 Å². The fraction of sp³-hybridized carbons (Fsp3) is 0.364. The van der Waals surface area contributed by atoms with E-state index in [0.717, 1.165) is 0 Å². The molecule has 2 amide bonds. The van der Waals surface area contributed by atoms with Gasteiger partial charge in [-0.1, -0.05) is 11.6 Å². The predicted octanol–water partition coefficient (Wildman–Crippen LogP) is 2.23. The summed E-state index contributed by atoms with van der Waals surface area (Å²) in [4.78, 5) is 11.0. The number of amides is 2. The van der Waals surface area contributed by atoms with E-state index in [1.165, 1.54) is 6.07 Å². The molecule has 2 N–H and O–H groups in total. The monoisotopic (exact) mass is 258 g/mol. The van der Waals surface area contributed by atoms with Gasteiger partial charge in [-0.3, -0.25) is 0 Å². The van der Waals surface area contributed by atoms with Crippen LogP contribution in [0.25, 0.3) is 0 Å². The molecule has 0 radical (unpaired) electrons. The minimum absolute atomic E-state index is 0.0511. The first-order chi connectivity index (χ1) is 8.11. The summed E-state index contributed by atoms with van der Waals surface area (Å²) in [6.45, 7) is 2.52. The van der Waals surface area contributed by atoms with Crippen LogP contribution in [0.2, 0.25) is 5.02 Å². The molecule has 0 unspecified atom stereocenters. The van der Waals surface area contributed by atoms with Crippen molar-refractivity contribution in [3.05, 3.63) is 28.5 Å². The molecule has 0 bridgehead atoms. The number of carbonyl (C=O) groups is 1. The molecule has 1 heterocycles. The molecule has 1 fully saturated rings. The summed E-state index contributed by atoms with van der Waals surface area (Å²) in [5.74, 6) is -0.467. The van der Waals surface area contributed by atoms with E-state index in [4.69, 9.17) is 16.3 Å². The molecule has 17 heavy (non-hydrogen) atoms. The first-order valence-electron chi connectivity index (χ1n) is 5.28. The molecule has 0 aromatic heterocycles. The average Bonchev–Trinajstić information content (AvgIpc) is 2.70. The average molecular weight is 259 g/mol. The third-order valence-electron chi connectivity index (χ3n) is 2.48. The Kier molecular flexibility index (Phi) is 3.38. The van der Waals surface area contributed by atoms with Crippen LogP contribution in [-0.2, 0) is 0 Å². The van der Waals surface area contributed by atoms with Gasteiger partial charge in [0.15, 0.2) is 11.6 Å². The molecule has 1 aliphatic heterocycles. The lowest BCUT2D eigenvalue weighted by molar-refractivity contribution is 0.247. The predicted molar refractivity (Wildman–Crippen MR) is 61.9 cm³/mol. The van der Waals surface area contributed by atoms with Crippen LogP contribution in [0.5, 0.6) is 5.75 Å². The van der Waals surface area contributed by atoms with E-state index >= 15 is 0 Å². The van der Waals surface area contributed by atoms with Gasteiger partial charge in [-0.2, -0.15) is 0 Å². The molecule has 2 rings (SSSR count). The number of ether oxygens (including phenoxy) is 1. The van der Waals surface area contributed by atoms with Crippen molar-refractivity contribution < 1.29 is 13.9 Å². The smallest absolute Gasteiger partial charge is 0.315 e. The second kappa shape index (κ2) is 4.79. The highest BCUT2D eigenvalue weighted by atomic mass is 35.5. The van der Waals surface area contributed by atoms with Crippen LogP contribution in [-0.4, -0.2) is 19.2 Å². The van der Waals surface area contributed by atoms with Crippen molar-refractivity contribution in [1.82, 2.24) is 10.6 Å². The van der Waals surface area contributed by atoms with Gasteiger partial charge in [0.2, 0.25) is 0 Å². The van der Waals surface area contributed by atoms with Gasteiger partial charge >= 0.3 is 6.03 Å². The van der Waals surface area contributed by atoms with Crippen LogP contribution >= 0.6 is 11.6 Å². The number of nitrogens with one attached hydrogen (secondary N) is 2. The van der Waals surface area contributed by atoms with E-state index in [0.29, 0.717) is 18.7 Å². The fourth-order valence-corrected chi connectivity index (χ4v) is 1.99. The number of carbonyl (C=O) groups excluding carboxylic acids is 1. The van der Waals surface area contributed by atoms with Gasteiger partial charge in [0.05, 0.1) is 17.7 Å². The summed E-state index contributed by atoms with van der Waals surface area (Å²) in [7, 11) is 0. The number of benzene rings is 1. The minimum atomic E-state index is -0.518. The second-order valence-corrected chi connectivity index (χ2v) is 4.06. The Morgan fingerprint density at radius 2 is 2.35 bits per heavy atom. The Labute approximate surface area is 103 Å². The number of halogens is 2. The van der Waals surface area contributed by atoms with Crippen molar-refractivity contribution in [1.29, 1.82) is 0 Å². The van der Waals surface area contributed by atoms with Crippen LogP contribution in [0.15, 0.2) is 12.1 Å². The van der Waals surface area contributed by atoms with Gasteiger partial charge in [-0.05, 0) is 24.6 Å². The highest BCUT2D eigenvalue weighted by Gasteiger charge is 2.23. The molecular formula is C11H12ClFN2O2. The van der Waals surface area contributed by atoms with Gasteiger partial charge in [0.25, 0.3) is 0 Å². The van der Waals surface area contributed by atoms with Crippen LogP contribution in [0.1, 0.15) is 18.5 Å². The highest BCUT2D eigenvalue weighted by molar-refractivity contribution is 6.32. The van der Waals surface area contributed by atoms with E-state index < -0.39 is 5.82 Å². The normalized spacial score (nSPS) is 18.8. The van der Waals surface area contributed by atoms with Crippen molar-refractivity contribution in [3.8, 4) is 5.75 Å². The van der Waals surface area contributed by atoms with E-state index in [9.17, 15) is 9.18 Å². The van der Waals surface area contributed by atoms with E-state index in [1.54, 1.807) is 13.0 Å². The molecule has 4 nitrogen and oxygen atoms in total. The Bertz CT molecular complexity index is 430. The van der Waals surface area contributed by atoms with Crippen molar-refractivity contribution >= 4 is 17.6 Å². The molecule has 1 aromatic carbocycles. The summed E-state index contributed by atoms with van der Waals surface area (Å²) >= 11 is 5.93. The lowest BCUT2D eigenvalue weighted by Gasteiger charge is -2.13. The highest BCUT2D eigenvalue weighted by Crippen LogP contribution is 2.31. The Morgan fingerprint density at radius 3 is 2.88 bits per heavy atom. The van der Waals surface area contributed by atoms with Crippen LogP contribution in [0, 0.1) is 5.82 Å². The topological polar surface area (TPSA) is 50.4 Å². The SMILES string of the molecule is CCOc1c(F)cc([C@H]2CNC(=O)N2)cc1Cl. The second-order valence-electron chi connectivity index (χ2n) is 3.65. The van der Waals surface area contributed by atoms with Crippen LogP contribution in [0.3, 0.4) is 0 Å². The maximum Gasteiger partial charge on any atom is 0.315 e. The zero-order valence-electron chi connectivity index (χ0n) is 9.22. The first kappa shape index (κ1) is 12.0. The molecule has 0 spiro atoms. The molecule has 6 heteroatoms. The third-order valence-corrected chi connectivity index (χ3v) is 2.76. The van der Waals surface area contributed by atoms with Gasteiger partial charge < -0.3 is 15.4 Å². The Balaban J connectivity index is 2.28. The van der Waals surface area contributed by atoms with E-state index in [2.05, 4.69) is 10.6 Å². The van der Waals surface area contributed by atoms with Gasteiger partial charge in [-0.25, -0.2) is 9.18 Å². The molecule has 0 saturated carbocycles. The largest absolute Gasteiger partial charge is 0.489 e. The lowest BCUT2D eigenvalue weighted by atomic mass is 10.1. The molecule has 1 atom stereocenters. The summed E-state index contributed by atoms with van der Waals surface area (Å²) in [5.41, 5.74) is 0.620. The third kappa shape index (κ3) is 2.44. The maximum atomic E-state index is 13.7. The Morgan fingerprint density at radius 1 is 1.59 bits per heavy atom. The molecule has 1 aliphatic rings. The maximum absolute atomic E-state index is 13.7. The van der Waals surface area contributed by atoms with Crippen molar-refractivity contribution in [2.45, 2.75) is 13.0 Å². The number of hydrogen-bond donors (Lipinski definition) is 2. The van der Waals surface area contributed by atoms with Gasteiger partial charge in [-0.15, -0.1) is 0 Å². The lowest BCUT2D eigenvalue weighted by Crippen LogP contribution is -2.21. The van der Waals surface area contributed by atoms with Crippen LogP contribution in [0.4, 0.5) is 9.18 Å². The number of rotatable bonds is 3. The quantitative estimate of drug-likeness (QED) is 0.874. The zero-order chi connectivity index (χ0) is 12.4. The zero-order valence-corrected chi connectivity index (χ0v) is 9.97. The summed E-state index contributed by atoms with van der Waals surface area (Å²) in [6, 6.07) is 2.41. The van der Waals surface area contributed by atoms with E-state index in [1.807, 2.05) is 0 Å². The standard InChI is InChI=1S/C11H12ClFN2O2/c1-2-17-10-7(12)3-6(4-8(10)13)9-5-14-11(16)15-9/h3-4,9H,2,5H2,1H3,(H2,14,15,16)/t9-/m1/s1. The first-order valence-corrected chi connectivity index (χ1v) is 5.65. The van der Waals surface area contributed by atoms with Crippen molar-refractivity contribution in [3.63, 3.8) is 0 Å². The van der Waals surface area contributed by atoms with Gasteiger partial charge in [0, 0.05) is 6.54 Å². The molecule has 0 aliphatic carbocycles. The molecule has 1 saturated heterocycles. The molecule has 92 valence electrons. The molecule has 1 aromatic rings. The summed E-state index contributed by atoms with van der Waals surface area (Å²) in [5, 5.41) is 5.47. The summed E-state index contributed by atoms with van der Waals surface area (Å²) < 4.78 is 18.8. The number of hydrogen-bond acceptors (Lipinski definition) is 2. The van der Waals surface area contributed by atoms with Crippen molar-refractivity contribution in [2.24, 2.45) is 0 Å². The fourth-order valence-electron chi connectivity index (χ4n) is 1.72. The molecular weight excluding hydrogens is 247 g/mol. The van der Waals surface area contributed by atoms with Crippen molar-refractivity contribution in [2.75, 3.05) is 13.2 Å².